The van der Waals surface area contributed by atoms with Crippen molar-refractivity contribution in [2.75, 3.05) is 0 Å². The lowest BCUT2D eigenvalue weighted by Crippen LogP contribution is -2.03. The van der Waals surface area contributed by atoms with Crippen LogP contribution in [0, 0.1) is 6.92 Å². The second-order valence-electron chi connectivity index (χ2n) is 3.73. The summed E-state index contributed by atoms with van der Waals surface area (Å²) in [4.78, 5) is 4.50. The Balaban J connectivity index is 2.33. The highest BCUT2D eigenvalue weighted by Gasteiger charge is 2.07. The lowest BCUT2D eigenvalue weighted by Gasteiger charge is -1.99. The Bertz CT molecular complexity index is 443. The molecule has 3 heteroatoms. The lowest BCUT2D eigenvalue weighted by molar-refractivity contribution is 0.808. The standard InChI is InChI=1S/C12H14N2S/c1-8-3-5-10(6-4-8)11-7-15-12(14-11)9(2)13/h3-7,9H,13H2,1-2H3. The molecule has 0 aliphatic heterocycles. The number of aromatic nitrogens is 1. The van der Waals surface area contributed by atoms with E-state index in [1.807, 2.05) is 6.92 Å². The third-order valence-electron chi connectivity index (χ3n) is 2.26. The maximum atomic E-state index is 5.78. The number of hydrogen-bond donors (Lipinski definition) is 1. The number of nitrogens with zero attached hydrogens (tertiary/aromatic N) is 1. The quantitative estimate of drug-likeness (QED) is 0.841. The van der Waals surface area contributed by atoms with Crippen molar-refractivity contribution in [3.05, 3.63) is 40.2 Å². The second kappa shape index (κ2) is 4.13. The average Bonchev–Trinajstić information content (AvgIpc) is 2.68. The molecule has 2 nitrogen and oxygen atoms in total. The first-order valence-corrected chi connectivity index (χ1v) is 5.83. The first-order chi connectivity index (χ1) is 7.16. The van der Waals surface area contributed by atoms with Crippen molar-refractivity contribution in [3.8, 4) is 11.3 Å². The van der Waals surface area contributed by atoms with Crippen molar-refractivity contribution in [1.29, 1.82) is 0 Å². The fourth-order valence-electron chi connectivity index (χ4n) is 1.35. The number of aryl methyl sites for hydroxylation is 1. The Morgan fingerprint density at radius 3 is 2.47 bits per heavy atom. The number of nitrogens with two attached hydrogens (primary N) is 1. The predicted molar refractivity (Wildman–Crippen MR) is 64.9 cm³/mol. The van der Waals surface area contributed by atoms with Gasteiger partial charge in [0.25, 0.3) is 0 Å². The van der Waals surface area contributed by atoms with Crippen LogP contribution in [0.25, 0.3) is 11.3 Å². The van der Waals surface area contributed by atoms with E-state index in [4.69, 9.17) is 5.73 Å². The molecule has 0 aliphatic rings. The van der Waals surface area contributed by atoms with E-state index < -0.39 is 0 Å². The van der Waals surface area contributed by atoms with E-state index in [0.29, 0.717) is 0 Å². The van der Waals surface area contributed by atoms with Crippen LogP contribution in [-0.2, 0) is 0 Å². The molecule has 1 aromatic carbocycles. The number of benzene rings is 1. The van der Waals surface area contributed by atoms with Gasteiger partial charge < -0.3 is 5.73 Å². The van der Waals surface area contributed by atoms with Gasteiger partial charge in [0.2, 0.25) is 0 Å². The molecule has 1 heterocycles. The van der Waals surface area contributed by atoms with Crippen LogP contribution < -0.4 is 5.73 Å². The molecule has 0 spiro atoms. The summed E-state index contributed by atoms with van der Waals surface area (Å²) >= 11 is 1.62. The van der Waals surface area contributed by atoms with Crippen molar-refractivity contribution < 1.29 is 0 Å². The van der Waals surface area contributed by atoms with Gasteiger partial charge >= 0.3 is 0 Å². The van der Waals surface area contributed by atoms with Crippen LogP contribution >= 0.6 is 11.3 Å². The van der Waals surface area contributed by atoms with Crippen LogP contribution in [0.3, 0.4) is 0 Å². The van der Waals surface area contributed by atoms with Crippen molar-refractivity contribution in [1.82, 2.24) is 4.98 Å². The predicted octanol–water partition coefficient (Wildman–Crippen LogP) is 3.14. The maximum absolute atomic E-state index is 5.78. The molecule has 15 heavy (non-hydrogen) atoms. The van der Waals surface area contributed by atoms with Gasteiger partial charge in [-0.25, -0.2) is 4.98 Å². The summed E-state index contributed by atoms with van der Waals surface area (Å²) in [6.45, 7) is 4.04. The van der Waals surface area contributed by atoms with Gasteiger partial charge in [0.1, 0.15) is 5.01 Å². The van der Waals surface area contributed by atoms with Crippen LogP contribution in [-0.4, -0.2) is 4.98 Å². The summed E-state index contributed by atoms with van der Waals surface area (Å²) in [6, 6.07) is 8.40. The van der Waals surface area contributed by atoms with E-state index in [-0.39, 0.29) is 6.04 Å². The minimum absolute atomic E-state index is 0.0224. The Morgan fingerprint density at radius 2 is 1.93 bits per heavy atom. The molecule has 0 aliphatic carbocycles. The molecule has 2 rings (SSSR count). The molecule has 1 unspecified atom stereocenters. The van der Waals surface area contributed by atoms with Crippen LogP contribution in [0.1, 0.15) is 23.5 Å². The minimum atomic E-state index is 0.0224. The molecule has 0 bridgehead atoms. The first kappa shape index (κ1) is 10.3. The van der Waals surface area contributed by atoms with Crippen LogP contribution in [0.15, 0.2) is 29.6 Å². The molecule has 0 fully saturated rings. The molecule has 0 saturated heterocycles. The molecule has 1 atom stereocenters. The summed E-state index contributed by atoms with van der Waals surface area (Å²) in [5.74, 6) is 0. The number of thiazole rings is 1. The van der Waals surface area contributed by atoms with Crippen molar-refractivity contribution in [3.63, 3.8) is 0 Å². The molecule has 2 aromatic rings. The molecule has 1 aromatic heterocycles. The summed E-state index contributed by atoms with van der Waals surface area (Å²) in [5, 5.41) is 3.05. The van der Waals surface area contributed by atoms with Gasteiger partial charge in [-0.15, -0.1) is 11.3 Å². The van der Waals surface area contributed by atoms with Gasteiger partial charge in [-0.2, -0.15) is 0 Å². The van der Waals surface area contributed by atoms with Crippen LogP contribution in [0.5, 0.6) is 0 Å². The van der Waals surface area contributed by atoms with Gasteiger partial charge in [0.05, 0.1) is 11.7 Å². The van der Waals surface area contributed by atoms with Crippen molar-refractivity contribution in [2.45, 2.75) is 19.9 Å². The van der Waals surface area contributed by atoms with Gasteiger partial charge in [-0.3, -0.25) is 0 Å². The van der Waals surface area contributed by atoms with Crippen LogP contribution in [0.4, 0.5) is 0 Å². The Kier molecular flexibility index (Phi) is 2.84. The monoisotopic (exact) mass is 218 g/mol. The van der Waals surface area contributed by atoms with Gasteiger partial charge in [-0.05, 0) is 13.8 Å². The zero-order chi connectivity index (χ0) is 10.8. The summed E-state index contributed by atoms with van der Waals surface area (Å²) in [7, 11) is 0. The van der Waals surface area contributed by atoms with Gasteiger partial charge in [0.15, 0.2) is 0 Å². The highest BCUT2D eigenvalue weighted by molar-refractivity contribution is 7.10. The summed E-state index contributed by atoms with van der Waals surface area (Å²) < 4.78 is 0. The Labute approximate surface area is 93.8 Å². The van der Waals surface area contributed by atoms with Gasteiger partial charge in [0, 0.05) is 10.9 Å². The highest BCUT2D eigenvalue weighted by atomic mass is 32.1. The molecule has 0 radical (unpaired) electrons. The molecular formula is C12H14N2S. The van der Waals surface area contributed by atoms with Crippen molar-refractivity contribution >= 4 is 11.3 Å². The van der Waals surface area contributed by atoms with E-state index in [1.54, 1.807) is 11.3 Å². The fraction of sp³-hybridized carbons (Fsp3) is 0.250. The van der Waals surface area contributed by atoms with E-state index in [0.717, 1.165) is 16.3 Å². The molecule has 0 saturated carbocycles. The largest absolute Gasteiger partial charge is 0.322 e. The van der Waals surface area contributed by atoms with E-state index in [9.17, 15) is 0 Å². The number of hydrogen-bond acceptors (Lipinski definition) is 3. The maximum Gasteiger partial charge on any atom is 0.110 e. The normalized spacial score (nSPS) is 12.7. The molecule has 0 amide bonds. The van der Waals surface area contributed by atoms with Gasteiger partial charge in [-0.1, -0.05) is 29.8 Å². The van der Waals surface area contributed by atoms with Crippen molar-refractivity contribution in [2.24, 2.45) is 5.73 Å². The second-order valence-corrected chi connectivity index (χ2v) is 4.62. The third-order valence-corrected chi connectivity index (χ3v) is 3.30. The third kappa shape index (κ3) is 2.25. The smallest absolute Gasteiger partial charge is 0.110 e. The van der Waals surface area contributed by atoms with Crippen LogP contribution in [0.2, 0.25) is 0 Å². The first-order valence-electron chi connectivity index (χ1n) is 4.95. The van der Waals surface area contributed by atoms with E-state index in [1.165, 1.54) is 5.56 Å². The average molecular weight is 218 g/mol. The van der Waals surface area contributed by atoms with E-state index >= 15 is 0 Å². The number of rotatable bonds is 2. The zero-order valence-electron chi connectivity index (χ0n) is 8.90. The Morgan fingerprint density at radius 1 is 1.27 bits per heavy atom. The minimum Gasteiger partial charge on any atom is -0.322 e. The Hall–Kier alpha value is -1.19. The highest BCUT2D eigenvalue weighted by Crippen LogP contribution is 2.24. The lowest BCUT2D eigenvalue weighted by atomic mass is 10.1. The summed E-state index contributed by atoms with van der Waals surface area (Å²) in [6.07, 6.45) is 0. The SMILES string of the molecule is Cc1ccc(-c2csc(C(C)N)n2)cc1. The topological polar surface area (TPSA) is 38.9 Å². The fourth-order valence-corrected chi connectivity index (χ4v) is 2.14. The zero-order valence-corrected chi connectivity index (χ0v) is 9.71. The molecular weight excluding hydrogens is 204 g/mol. The summed E-state index contributed by atoms with van der Waals surface area (Å²) in [5.41, 5.74) is 9.22. The molecule has 2 N–H and O–H groups in total. The molecule has 78 valence electrons. The van der Waals surface area contributed by atoms with E-state index in [2.05, 4.69) is 41.6 Å².